The van der Waals surface area contributed by atoms with E-state index in [2.05, 4.69) is 27.2 Å². The molecule has 3 aromatic rings. The van der Waals surface area contributed by atoms with E-state index < -0.39 is 12.3 Å². The molecule has 2 atom stereocenters. The molecule has 2 aliphatic rings. The van der Waals surface area contributed by atoms with Gasteiger partial charge in [-0.25, -0.2) is 0 Å². The van der Waals surface area contributed by atoms with Crippen LogP contribution in [0.2, 0.25) is 5.02 Å². The molecule has 0 unspecified atom stereocenters. The number of piperidine rings is 1. The fourth-order valence-corrected chi connectivity index (χ4v) is 6.29. The van der Waals surface area contributed by atoms with E-state index >= 15 is 0 Å². The summed E-state index contributed by atoms with van der Waals surface area (Å²) in [6.07, 6.45) is -4.00. The molecule has 2 aromatic carbocycles. The van der Waals surface area contributed by atoms with Crippen molar-refractivity contribution in [1.29, 1.82) is 0 Å². The number of carbonyl (C=O) groups excluding carboxylic acids is 2. The standard InChI is InChI=1S/C33H36ClF3N6O4/c1-3-27(44)39-18-20-6-5-7-21(14-20)24-15-22(34)8-9-23(24)29(33(35,36)37)47-28-16-26(41-31(38)42-28)43-12-10-32(11-13-43)17-25(40-19-32)30(45)46-4-2/h3,5-9,14-16,25,29,40H,1,4,10-13,17-19H2,2H3,(H,39,44)(H2,38,41,42)/t25-,29+/m0/s1. The van der Waals surface area contributed by atoms with Gasteiger partial charge in [0.2, 0.25) is 23.8 Å². The van der Waals surface area contributed by atoms with E-state index in [-0.39, 0.29) is 57.9 Å². The fraction of sp³-hybridized carbons (Fsp3) is 0.394. The zero-order valence-electron chi connectivity index (χ0n) is 25.8. The number of nitrogens with one attached hydrogen (secondary N) is 2. The van der Waals surface area contributed by atoms with Crippen molar-refractivity contribution < 1.29 is 32.2 Å². The van der Waals surface area contributed by atoms with Crippen molar-refractivity contribution in [3.63, 3.8) is 0 Å². The van der Waals surface area contributed by atoms with Crippen molar-refractivity contribution in [1.82, 2.24) is 20.6 Å². The molecular formula is C33H36ClF3N6O4. The van der Waals surface area contributed by atoms with Crippen LogP contribution in [0.15, 0.2) is 61.2 Å². The van der Waals surface area contributed by atoms with E-state index in [1.54, 1.807) is 31.2 Å². The zero-order valence-corrected chi connectivity index (χ0v) is 26.5. The van der Waals surface area contributed by atoms with Gasteiger partial charge in [-0.05, 0) is 72.6 Å². The summed E-state index contributed by atoms with van der Waals surface area (Å²) in [5.41, 5.74) is 7.01. The van der Waals surface area contributed by atoms with E-state index in [1.807, 2.05) is 4.90 Å². The van der Waals surface area contributed by atoms with Crippen LogP contribution in [-0.4, -0.2) is 60.3 Å². The van der Waals surface area contributed by atoms with Gasteiger partial charge in [0.1, 0.15) is 11.9 Å². The van der Waals surface area contributed by atoms with Crippen LogP contribution >= 0.6 is 11.6 Å². The Kier molecular flexibility index (Phi) is 10.3. The normalized spacial score (nSPS) is 18.1. The Hall–Kier alpha value is -4.36. The lowest BCUT2D eigenvalue weighted by atomic mass is 9.76. The van der Waals surface area contributed by atoms with Crippen LogP contribution in [0.3, 0.4) is 0 Å². The Morgan fingerprint density at radius 1 is 1.21 bits per heavy atom. The smallest absolute Gasteiger partial charge is 0.429 e. The number of nitrogen functional groups attached to an aromatic ring is 1. The fourth-order valence-electron chi connectivity index (χ4n) is 6.11. The second kappa shape index (κ2) is 14.2. The van der Waals surface area contributed by atoms with Gasteiger partial charge in [-0.15, -0.1) is 0 Å². The maximum atomic E-state index is 14.7. The number of esters is 1. The third-order valence-electron chi connectivity index (χ3n) is 8.51. The molecule has 4 N–H and O–H groups in total. The Bertz CT molecular complexity index is 1630. The molecule has 2 fully saturated rings. The van der Waals surface area contributed by atoms with Crippen molar-refractivity contribution in [2.75, 3.05) is 36.9 Å². The van der Waals surface area contributed by atoms with Crippen LogP contribution in [0.1, 0.15) is 43.4 Å². The lowest BCUT2D eigenvalue weighted by Gasteiger charge is -2.39. The number of amides is 1. The predicted molar refractivity (Wildman–Crippen MR) is 172 cm³/mol. The van der Waals surface area contributed by atoms with Crippen molar-refractivity contribution in [2.45, 2.75) is 51.1 Å². The number of alkyl halides is 3. The first-order valence-corrected chi connectivity index (χ1v) is 15.6. The predicted octanol–water partition coefficient (Wildman–Crippen LogP) is 5.38. The number of anilines is 2. The number of ether oxygens (including phenoxy) is 2. The quantitative estimate of drug-likeness (QED) is 0.192. The van der Waals surface area contributed by atoms with E-state index in [1.165, 1.54) is 24.3 Å². The molecule has 0 radical (unpaired) electrons. The number of benzene rings is 2. The van der Waals surface area contributed by atoms with Crippen LogP contribution in [0.5, 0.6) is 5.88 Å². The zero-order chi connectivity index (χ0) is 33.8. The molecule has 1 aromatic heterocycles. The van der Waals surface area contributed by atoms with Crippen LogP contribution in [-0.2, 0) is 20.9 Å². The van der Waals surface area contributed by atoms with Gasteiger partial charge in [-0.1, -0.05) is 42.4 Å². The number of aromatic nitrogens is 2. The molecule has 0 bridgehead atoms. The number of carbonyl (C=O) groups is 2. The second-order valence-corrected chi connectivity index (χ2v) is 12.1. The largest absolute Gasteiger partial charge is 0.465 e. The lowest BCUT2D eigenvalue weighted by Crippen LogP contribution is -2.41. The highest BCUT2D eigenvalue weighted by molar-refractivity contribution is 6.30. The second-order valence-electron chi connectivity index (χ2n) is 11.7. The lowest BCUT2D eigenvalue weighted by molar-refractivity contribution is -0.198. The Labute approximate surface area is 275 Å². The van der Waals surface area contributed by atoms with Gasteiger partial charge in [0.25, 0.3) is 0 Å². The molecule has 0 aliphatic carbocycles. The van der Waals surface area contributed by atoms with Crippen molar-refractivity contribution >= 4 is 35.2 Å². The summed E-state index contributed by atoms with van der Waals surface area (Å²) in [4.78, 5) is 34.1. The number of rotatable bonds is 10. The summed E-state index contributed by atoms with van der Waals surface area (Å²) < 4.78 is 55.0. The summed E-state index contributed by atoms with van der Waals surface area (Å²) in [7, 11) is 0. The monoisotopic (exact) mass is 672 g/mol. The van der Waals surface area contributed by atoms with Crippen LogP contribution < -0.4 is 26.0 Å². The molecule has 250 valence electrons. The van der Waals surface area contributed by atoms with Crippen LogP contribution in [0.25, 0.3) is 11.1 Å². The van der Waals surface area contributed by atoms with Crippen molar-refractivity contribution in [3.05, 3.63) is 77.3 Å². The number of nitrogens with two attached hydrogens (primary N) is 1. The van der Waals surface area contributed by atoms with Gasteiger partial charge in [0, 0.05) is 42.8 Å². The molecule has 47 heavy (non-hydrogen) atoms. The van der Waals surface area contributed by atoms with Gasteiger partial charge in [0.05, 0.1) is 6.61 Å². The van der Waals surface area contributed by atoms with E-state index in [9.17, 15) is 22.8 Å². The number of hydrogen-bond donors (Lipinski definition) is 3. The topological polar surface area (TPSA) is 132 Å². The number of halogens is 4. The molecule has 0 saturated carbocycles. The minimum atomic E-state index is -4.85. The third kappa shape index (κ3) is 8.14. The third-order valence-corrected chi connectivity index (χ3v) is 8.75. The highest BCUT2D eigenvalue weighted by atomic mass is 35.5. The summed E-state index contributed by atoms with van der Waals surface area (Å²) in [6.45, 7) is 7.44. The van der Waals surface area contributed by atoms with Gasteiger partial charge >= 0.3 is 12.1 Å². The average Bonchev–Trinajstić information content (AvgIpc) is 3.46. The molecule has 14 heteroatoms. The molecular weight excluding hydrogens is 637 g/mol. The average molecular weight is 673 g/mol. The van der Waals surface area contributed by atoms with Crippen LogP contribution in [0, 0.1) is 5.41 Å². The molecule has 1 amide bonds. The first kappa shape index (κ1) is 34.0. The summed E-state index contributed by atoms with van der Waals surface area (Å²) in [5.74, 6) is -0.849. The van der Waals surface area contributed by atoms with Crippen LogP contribution in [0.4, 0.5) is 24.9 Å². The van der Waals surface area contributed by atoms with Crippen molar-refractivity contribution in [3.8, 4) is 17.0 Å². The molecule has 2 aliphatic heterocycles. The minimum absolute atomic E-state index is 0.0905. The van der Waals surface area contributed by atoms with E-state index in [0.29, 0.717) is 49.6 Å². The Morgan fingerprint density at radius 3 is 2.68 bits per heavy atom. The SMILES string of the molecule is C=CC(=O)NCc1cccc(-c2cc(Cl)ccc2[C@@H](Oc2cc(N3CCC4(CC3)CN[C@H](C(=O)OCC)C4)nc(N)n2)C(F)(F)F)c1. The van der Waals surface area contributed by atoms with Gasteiger partial charge in [-0.3, -0.25) is 9.59 Å². The van der Waals surface area contributed by atoms with E-state index in [4.69, 9.17) is 26.8 Å². The summed E-state index contributed by atoms with van der Waals surface area (Å²) in [5, 5.41) is 6.16. The molecule has 2 saturated heterocycles. The Morgan fingerprint density at radius 2 is 1.98 bits per heavy atom. The summed E-state index contributed by atoms with van der Waals surface area (Å²) in [6, 6.07) is 11.8. The number of hydrogen-bond acceptors (Lipinski definition) is 9. The highest BCUT2D eigenvalue weighted by Gasteiger charge is 2.46. The van der Waals surface area contributed by atoms with Gasteiger partial charge in [-0.2, -0.15) is 23.1 Å². The minimum Gasteiger partial charge on any atom is -0.465 e. The van der Waals surface area contributed by atoms with E-state index in [0.717, 1.165) is 18.9 Å². The Balaban J connectivity index is 1.38. The first-order chi connectivity index (χ1) is 22.4. The maximum absolute atomic E-state index is 14.7. The number of nitrogens with zero attached hydrogens (tertiary/aromatic N) is 3. The molecule has 10 nitrogen and oxygen atoms in total. The molecule has 5 rings (SSSR count). The van der Waals surface area contributed by atoms with Gasteiger partial charge in [0.15, 0.2) is 0 Å². The summed E-state index contributed by atoms with van der Waals surface area (Å²) >= 11 is 6.26. The maximum Gasteiger partial charge on any atom is 0.429 e. The molecule has 3 heterocycles. The van der Waals surface area contributed by atoms with Crippen molar-refractivity contribution in [2.24, 2.45) is 5.41 Å². The van der Waals surface area contributed by atoms with Gasteiger partial charge < -0.3 is 30.7 Å². The highest BCUT2D eigenvalue weighted by Crippen LogP contribution is 2.43. The first-order valence-electron chi connectivity index (χ1n) is 15.2. The molecule has 1 spiro atoms.